The highest BCUT2D eigenvalue weighted by molar-refractivity contribution is 5.89. The lowest BCUT2D eigenvalue weighted by Crippen LogP contribution is -2.50. The Morgan fingerprint density at radius 2 is 1.83 bits per heavy atom. The number of carbonyl (C=O) groups is 1. The molecule has 1 aromatic carbocycles. The molecule has 0 spiro atoms. The van der Waals surface area contributed by atoms with Crippen molar-refractivity contribution in [2.45, 2.75) is 89.2 Å². The predicted octanol–water partition coefficient (Wildman–Crippen LogP) is 3.66. The molecule has 3 fully saturated rings. The van der Waals surface area contributed by atoms with Gasteiger partial charge in [-0.3, -0.25) is 4.57 Å². The number of nitrogens with one attached hydrogen (secondary N) is 2. The molecule has 3 aliphatic rings. The van der Waals surface area contributed by atoms with E-state index in [1.807, 2.05) is 30.5 Å². The average molecular weight is 579 g/mol. The number of ether oxygens (including phenoxy) is 3. The third kappa shape index (κ3) is 5.68. The van der Waals surface area contributed by atoms with Crippen LogP contribution in [0.3, 0.4) is 0 Å². The van der Waals surface area contributed by atoms with Gasteiger partial charge in [0.05, 0.1) is 6.33 Å². The van der Waals surface area contributed by atoms with Crippen molar-refractivity contribution in [1.82, 2.24) is 29.7 Å². The Bertz CT molecular complexity index is 1430. The number of rotatable bonds is 7. The smallest absolute Gasteiger partial charge is 0.319 e. The molecule has 1 saturated carbocycles. The fourth-order valence-electron chi connectivity index (χ4n) is 6.21. The second kappa shape index (κ2) is 10.7. The summed E-state index contributed by atoms with van der Waals surface area (Å²) in [6, 6.07) is 8.26. The Kier molecular flexibility index (Phi) is 7.37. The Balaban J connectivity index is 1.01. The quantitative estimate of drug-likeness (QED) is 0.383. The first kappa shape index (κ1) is 28.8. The topological polar surface area (TPSA) is 142 Å². The largest absolute Gasteiger partial charge is 0.382 e. The van der Waals surface area contributed by atoms with E-state index in [-0.39, 0.29) is 29.8 Å². The van der Waals surface area contributed by atoms with Gasteiger partial charge in [0.1, 0.15) is 30.2 Å². The lowest BCUT2D eigenvalue weighted by atomic mass is 9.79. The fraction of sp³-hybridized carbons (Fsp3) is 0.600. The van der Waals surface area contributed by atoms with Crippen molar-refractivity contribution in [3.8, 4) is 0 Å². The number of hydrogen-bond donors (Lipinski definition) is 3. The summed E-state index contributed by atoms with van der Waals surface area (Å²) >= 11 is 0. The first-order valence-corrected chi connectivity index (χ1v) is 14.7. The summed E-state index contributed by atoms with van der Waals surface area (Å²) < 4.78 is 21.0. The summed E-state index contributed by atoms with van der Waals surface area (Å²) in [6.07, 6.45) is 3.93. The maximum Gasteiger partial charge on any atom is 0.319 e. The minimum Gasteiger partial charge on any atom is -0.382 e. The number of hydrogen-bond acceptors (Lipinski definition) is 9. The number of nitrogens with zero attached hydrogens (tertiary/aromatic N) is 5. The Morgan fingerprint density at radius 1 is 1.12 bits per heavy atom. The van der Waals surface area contributed by atoms with Crippen molar-refractivity contribution < 1.29 is 19.0 Å². The van der Waals surface area contributed by atoms with Crippen LogP contribution in [0.2, 0.25) is 0 Å². The first-order chi connectivity index (χ1) is 19.9. The van der Waals surface area contributed by atoms with Crippen LogP contribution in [-0.2, 0) is 19.6 Å². The van der Waals surface area contributed by atoms with Gasteiger partial charge >= 0.3 is 6.03 Å². The number of nitrogens with two attached hydrogens (primary N) is 1. The molecule has 3 aromatic rings. The Labute approximate surface area is 246 Å². The van der Waals surface area contributed by atoms with Gasteiger partial charge in [-0.05, 0) is 62.8 Å². The molecule has 12 heteroatoms. The van der Waals surface area contributed by atoms with Crippen LogP contribution in [-0.4, -0.2) is 80.7 Å². The summed E-state index contributed by atoms with van der Waals surface area (Å²) in [7, 11) is 2.12. The normalized spacial score (nSPS) is 28.5. The van der Waals surface area contributed by atoms with E-state index >= 15 is 0 Å². The number of carbonyl (C=O) groups excluding carboxylic acids is 1. The number of urea groups is 1. The molecular formula is C30H42N8O4. The van der Waals surface area contributed by atoms with Crippen LogP contribution < -0.4 is 16.4 Å². The molecule has 4 N–H and O–H groups in total. The second-order valence-electron chi connectivity index (χ2n) is 13.3. The zero-order valence-electron chi connectivity index (χ0n) is 25.2. The van der Waals surface area contributed by atoms with Gasteiger partial charge in [0.15, 0.2) is 23.5 Å². The summed E-state index contributed by atoms with van der Waals surface area (Å²) in [6.45, 7) is 11.7. The molecule has 0 unspecified atom stereocenters. The van der Waals surface area contributed by atoms with Gasteiger partial charge < -0.3 is 35.5 Å². The summed E-state index contributed by atoms with van der Waals surface area (Å²) in [5, 5.41) is 5.97. The molecule has 12 nitrogen and oxygen atoms in total. The van der Waals surface area contributed by atoms with Crippen molar-refractivity contribution in [2.24, 2.45) is 5.92 Å². The van der Waals surface area contributed by atoms with Crippen molar-refractivity contribution >= 4 is 28.7 Å². The number of benzene rings is 1. The molecule has 2 amide bonds. The Hall–Kier alpha value is -3.32. The van der Waals surface area contributed by atoms with Gasteiger partial charge in [-0.25, -0.2) is 19.7 Å². The zero-order chi connectivity index (χ0) is 29.8. The molecule has 226 valence electrons. The maximum absolute atomic E-state index is 12.5. The SMILES string of the molecule is CN(C[C@H]1O[C@@H](n2cnc3c(N)ncnc32)[C@@H]2OC(C)(C)O[C@@H]21)C1CC(CNC(=O)Nc2ccc(C(C)(C)C)cc2)C1. The van der Waals surface area contributed by atoms with Crippen LogP contribution in [0, 0.1) is 5.92 Å². The van der Waals surface area contributed by atoms with E-state index in [9.17, 15) is 4.79 Å². The van der Waals surface area contributed by atoms with Gasteiger partial charge in [0, 0.05) is 24.8 Å². The molecule has 2 aromatic heterocycles. The van der Waals surface area contributed by atoms with Gasteiger partial charge in [0.25, 0.3) is 0 Å². The first-order valence-electron chi connectivity index (χ1n) is 14.7. The van der Waals surface area contributed by atoms with Gasteiger partial charge in [-0.1, -0.05) is 32.9 Å². The number of nitrogen functional groups attached to an aromatic ring is 1. The molecule has 42 heavy (non-hydrogen) atoms. The molecule has 2 saturated heterocycles. The van der Waals surface area contributed by atoms with Crippen LogP contribution in [0.1, 0.15) is 59.3 Å². The summed E-state index contributed by atoms with van der Waals surface area (Å²) in [4.78, 5) is 27.7. The minimum atomic E-state index is -0.721. The highest BCUT2D eigenvalue weighted by Gasteiger charge is 2.56. The molecule has 0 radical (unpaired) electrons. The van der Waals surface area contributed by atoms with Crippen molar-refractivity contribution in [3.63, 3.8) is 0 Å². The van der Waals surface area contributed by atoms with E-state index in [0.717, 1.165) is 18.5 Å². The van der Waals surface area contributed by atoms with Crippen molar-refractivity contribution in [3.05, 3.63) is 42.5 Å². The van der Waals surface area contributed by atoms with Crippen molar-refractivity contribution in [1.29, 1.82) is 0 Å². The summed E-state index contributed by atoms with van der Waals surface area (Å²) in [5.41, 5.74) is 9.26. The number of aromatic nitrogens is 4. The number of anilines is 2. The molecule has 6 rings (SSSR count). The van der Waals surface area contributed by atoms with Crippen LogP contribution in [0.25, 0.3) is 11.2 Å². The second-order valence-corrected chi connectivity index (χ2v) is 13.3. The van der Waals surface area contributed by atoms with E-state index < -0.39 is 12.0 Å². The number of amides is 2. The predicted molar refractivity (Wildman–Crippen MR) is 159 cm³/mol. The molecule has 0 bridgehead atoms. The van der Waals surface area contributed by atoms with Crippen molar-refractivity contribution in [2.75, 3.05) is 31.2 Å². The fourth-order valence-corrected chi connectivity index (χ4v) is 6.21. The molecule has 1 aliphatic carbocycles. The van der Waals surface area contributed by atoms with E-state index in [1.54, 1.807) is 6.33 Å². The van der Waals surface area contributed by atoms with E-state index in [4.69, 9.17) is 19.9 Å². The van der Waals surface area contributed by atoms with Crippen LogP contribution >= 0.6 is 0 Å². The van der Waals surface area contributed by atoms with Crippen LogP contribution in [0.4, 0.5) is 16.3 Å². The van der Waals surface area contributed by atoms with Crippen LogP contribution in [0.5, 0.6) is 0 Å². The van der Waals surface area contributed by atoms with E-state index in [2.05, 4.69) is 70.4 Å². The number of imidazole rings is 1. The average Bonchev–Trinajstić information content (AvgIpc) is 3.55. The highest BCUT2D eigenvalue weighted by Crippen LogP contribution is 2.44. The Morgan fingerprint density at radius 3 is 2.55 bits per heavy atom. The molecule has 2 aliphatic heterocycles. The molecule has 4 heterocycles. The minimum absolute atomic E-state index is 0.0793. The highest BCUT2D eigenvalue weighted by atomic mass is 16.8. The third-order valence-corrected chi connectivity index (χ3v) is 8.65. The van der Waals surface area contributed by atoms with Gasteiger partial charge in [0.2, 0.25) is 0 Å². The standard InChI is InChI=1S/C30H42N8O4/c1-29(2,3)18-7-9-19(10-8-18)36-28(39)32-13-17-11-20(12-17)37(6)14-21-23-24(42-30(4,5)41-23)27(40-21)38-16-35-22-25(31)33-15-34-26(22)38/h7-10,15-17,20-21,23-24,27H,11-14H2,1-6H3,(H2,31,33,34)(H2,32,36,39)/t17?,20?,21-,23-,24-,27-/m1/s1. The monoisotopic (exact) mass is 578 g/mol. The van der Waals surface area contributed by atoms with E-state index in [0.29, 0.717) is 42.0 Å². The van der Waals surface area contributed by atoms with Gasteiger partial charge in [-0.15, -0.1) is 0 Å². The lowest BCUT2D eigenvalue weighted by molar-refractivity contribution is -0.198. The van der Waals surface area contributed by atoms with Crippen LogP contribution in [0.15, 0.2) is 36.9 Å². The summed E-state index contributed by atoms with van der Waals surface area (Å²) in [5.74, 6) is 0.0415. The van der Waals surface area contributed by atoms with Gasteiger partial charge in [-0.2, -0.15) is 0 Å². The zero-order valence-corrected chi connectivity index (χ0v) is 25.2. The number of fused-ring (bicyclic) bond motifs is 2. The lowest BCUT2D eigenvalue weighted by Gasteiger charge is -2.42. The molecule has 4 atom stereocenters. The maximum atomic E-state index is 12.5. The molecular weight excluding hydrogens is 536 g/mol. The third-order valence-electron chi connectivity index (χ3n) is 8.65. The van der Waals surface area contributed by atoms with E-state index in [1.165, 1.54) is 11.9 Å². The number of likely N-dealkylation sites (N-methyl/N-ethyl adjacent to an activating group) is 1.